The molecule has 6 atom stereocenters. The van der Waals surface area contributed by atoms with Gasteiger partial charge < -0.3 is 9.47 Å². The second-order valence-electron chi connectivity index (χ2n) is 15.6. The number of ether oxygens (including phenoxy) is 2. The normalized spacial score (nSPS) is 31.0. The quantitative estimate of drug-likeness (QED) is 0.149. The van der Waals surface area contributed by atoms with Crippen LogP contribution in [-0.4, -0.2) is 36.9 Å². The molecule has 4 saturated carbocycles. The SMILES string of the molecule is C=C1CC(CCl)C1(C)C.C=C1CC(COC(C)=O)C1(C)C.C=CC1CC(CCl)C1(C)C.C=CC1CC(COC(C)=O)C1(C)C. The third kappa shape index (κ3) is 9.74. The smallest absolute Gasteiger partial charge is 0.302 e. The summed E-state index contributed by atoms with van der Waals surface area (Å²) in [5, 5.41) is 0. The van der Waals surface area contributed by atoms with Crippen LogP contribution in [-0.2, 0) is 19.1 Å². The fourth-order valence-corrected chi connectivity index (χ4v) is 7.37. The Morgan fingerprint density at radius 3 is 1.27 bits per heavy atom. The molecule has 4 aliphatic carbocycles. The van der Waals surface area contributed by atoms with Crippen LogP contribution in [0.25, 0.3) is 0 Å². The van der Waals surface area contributed by atoms with Crippen molar-refractivity contribution in [3.05, 3.63) is 49.6 Å². The number of rotatable bonds is 8. The van der Waals surface area contributed by atoms with Crippen molar-refractivity contribution in [2.45, 2.75) is 94.9 Å². The number of allylic oxidation sites excluding steroid dienone is 4. The Balaban J connectivity index is 0.000000296. The Bertz CT molecular complexity index is 1040. The lowest BCUT2D eigenvalue weighted by atomic mass is 9.55. The molecule has 6 unspecified atom stereocenters. The molecule has 0 amide bonds. The van der Waals surface area contributed by atoms with Crippen molar-refractivity contribution >= 4 is 35.1 Å². The molecule has 0 aliphatic heterocycles. The van der Waals surface area contributed by atoms with Crippen molar-refractivity contribution < 1.29 is 19.1 Å². The lowest BCUT2D eigenvalue weighted by Gasteiger charge is -2.50. The summed E-state index contributed by atoms with van der Waals surface area (Å²) >= 11 is 11.5. The van der Waals surface area contributed by atoms with E-state index in [1.807, 2.05) is 6.08 Å². The molecule has 0 radical (unpaired) electrons. The molecule has 252 valence electrons. The minimum atomic E-state index is -0.191. The van der Waals surface area contributed by atoms with Crippen molar-refractivity contribution in [2.24, 2.45) is 57.2 Å². The Labute approximate surface area is 280 Å². The number of hydrogen-bond donors (Lipinski definition) is 0. The third-order valence-corrected chi connectivity index (χ3v) is 12.6. The Hall–Kier alpha value is -1.52. The Morgan fingerprint density at radius 1 is 0.682 bits per heavy atom. The summed E-state index contributed by atoms with van der Waals surface area (Å²) in [5.74, 6) is 4.83. The largest absolute Gasteiger partial charge is 0.466 e. The molecule has 0 heterocycles. The molecule has 4 nitrogen and oxygen atoms in total. The summed E-state index contributed by atoms with van der Waals surface area (Å²) in [6.07, 6.45) is 8.54. The van der Waals surface area contributed by atoms with Gasteiger partial charge in [-0.2, -0.15) is 0 Å². The standard InChI is InChI=1S/C11H18O2.C10H16O2.C9H15Cl.C8H13Cl/c1-5-9-6-10(11(9,3)4)7-13-8(2)12;1-7-5-9(10(7,3)4)6-12-8(2)11;1-4-7-5-8(6-10)9(7,2)3;1-6-4-7(5-9)8(6,2)3/h5,9-10H,1,6-7H2,2-4H3;9H,1,5-6H2,2-4H3;4,7-8H,1,5-6H2,2-3H3;7H,1,4-5H2,2-3H3. The van der Waals surface area contributed by atoms with E-state index in [4.69, 9.17) is 32.7 Å². The average Bonchev–Trinajstić information content (AvgIpc) is 2.93. The van der Waals surface area contributed by atoms with E-state index in [0.29, 0.717) is 59.6 Å². The first-order valence-electron chi connectivity index (χ1n) is 16.1. The van der Waals surface area contributed by atoms with Gasteiger partial charge in [-0.05, 0) is 76.9 Å². The van der Waals surface area contributed by atoms with Gasteiger partial charge in [0.25, 0.3) is 0 Å². The van der Waals surface area contributed by atoms with Crippen molar-refractivity contribution in [3.8, 4) is 0 Å². The highest BCUT2D eigenvalue weighted by atomic mass is 35.5. The number of esters is 2. The van der Waals surface area contributed by atoms with E-state index in [2.05, 4.69) is 87.8 Å². The van der Waals surface area contributed by atoms with Crippen LogP contribution >= 0.6 is 23.2 Å². The van der Waals surface area contributed by atoms with Crippen molar-refractivity contribution in [3.63, 3.8) is 0 Å². The summed E-state index contributed by atoms with van der Waals surface area (Å²) in [7, 11) is 0. The number of hydrogen-bond acceptors (Lipinski definition) is 4. The van der Waals surface area contributed by atoms with Crippen LogP contribution in [0.4, 0.5) is 0 Å². The van der Waals surface area contributed by atoms with Gasteiger partial charge in [-0.1, -0.05) is 91.8 Å². The summed E-state index contributed by atoms with van der Waals surface area (Å²) in [5.41, 5.74) is 3.76. The van der Waals surface area contributed by atoms with Crippen LogP contribution in [0.3, 0.4) is 0 Å². The van der Waals surface area contributed by atoms with Gasteiger partial charge in [0.1, 0.15) is 0 Å². The molecule has 0 N–H and O–H groups in total. The summed E-state index contributed by atoms with van der Waals surface area (Å²) in [6, 6.07) is 0. The maximum Gasteiger partial charge on any atom is 0.302 e. The minimum absolute atomic E-state index is 0.162. The van der Waals surface area contributed by atoms with Crippen LogP contribution in [0.5, 0.6) is 0 Å². The second kappa shape index (κ2) is 16.3. The monoisotopic (exact) mass is 652 g/mol. The highest BCUT2D eigenvalue weighted by Crippen LogP contribution is 2.53. The third-order valence-electron chi connectivity index (χ3n) is 11.9. The van der Waals surface area contributed by atoms with Crippen LogP contribution < -0.4 is 0 Å². The van der Waals surface area contributed by atoms with E-state index in [9.17, 15) is 9.59 Å². The van der Waals surface area contributed by atoms with Crippen LogP contribution in [0.15, 0.2) is 49.6 Å². The van der Waals surface area contributed by atoms with E-state index in [-0.39, 0.29) is 22.8 Å². The Morgan fingerprint density at radius 2 is 1.02 bits per heavy atom. The van der Waals surface area contributed by atoms with Gasteiger partial charge in [0.15, 0.2) is 0 Å². The zero-order valence-corrected chi connectivity index (χ0v) is 31.0. The molecule has 0 saturated heterocycles. The number of halogens is 2. The maximum atomic E-state index is 10.6. The lowest BCUT2D eigenvalue weighted by Crippen LogP contribution is -2.46. The molecule has 4 rings (SSSR count). The van der Waals surface area contributed by atoms with E-state index in [0.717, 1.165) is 31.0 Å². The number of carbonyl (C=O) groups excluding carboxylic acids is 2. The van der Waals surface area contributed by atoms with E-state index in [1.54, 1.807) is 0 Å². The van der Waals surface area contributed by atoms with Gasteiger partial charge in [-0.25, -0.2) is 0 Å². The predicted octanol–water partition coefficient (Wildman–Crippen LogP) is 10.5. The Kier molecular flexibility index (Phi) is 15.0. The van der Waals surface area contributed by atoms with Crippen LogP contribution in [0.2, 0.25) is 0 Å². The molecule has 0 aromatic rings. The zero-order chi connectivity index (χ0) is 34.3. The fourth-order valence-electron chi connectivity index (χ4n) is 6.35. The van der Waals surface area contributed by atoms with Gasteiger partial charge in [0.05, 0.1) is 13.2 Å². The van der Waals surface area contributed by atoms with Crippen molar-refractivity contribution in [1.29, 1.82) is 0 Å². The van der Waals surface area contributed by atoms with Crippen LogP contribution in [0.1, 0.15) is 94.9 Å². The molecule has 6 heteroatoms. The van der Waals surface area contributed by atoms with Gasteiger partial charge >= 0.3 is 11.9 Å². The molecule has 0 bridgehead atoms. The summed E-state index contributed by atoms with van der Waals surface area (Å²) in [4.78, 5) is 21.1. The van der Waals surface area contributed by atoms with Gasteiger partial charge in [0, 0.05) is 31.5 Å². The highest BCUT2D eigenvalue weighted by Gasteiger charge is 2.47. The van der Waals surface area contributed by atoms with Crippen molar-refractivity contribution in [2.75, 3.05) is 25.0 Å². The molecular weight excluding hydrogens is 591 g/mol. The van der Waals surface area contributed by atoms with Crippen molar-refractivity contribution in [1.82, 2.24) is 0 Å². The van der Waals surface area contributed by atoms with E-state index in [1.165, 1.54) is 31.4 Å². The molecular formula is C38H62Cl2O4. The first-order chi connectivity index (χ1) is 20.1. The molecule has 0 aromatic heterocycles. The minimum Gasteiger partial charge on any atom is -0.466 e. The van der Waals surface area contributed by atoms with E-state index < -0.39 is 0 Å². The predicted molar refractivity (Wildman–Crippen MR) is 188 cm³/mol. The number of carbonyl (C=O) groups is 2. The van der Waals surface area contributed by atoms with Gasteiger partial charge in [-0.15, -0.1) is 36.4 Å². The first-order valence-corrected chi connectivity index (χ1v) is 17.2. The second-order valence-corrected chi connectivity index (χ2v) is 16.2. The first kappa shape index (κ1) is 40.5. The van der Waals surface area contributed by atoms with Gasteiger partial charge in [0.2, 0.25) is 0 Å². The molecule has 4 aliphatic rings. The van der Waals surface area contributed by atoms with Gasteiger partial charge in [-0.3, -0.25) is 9.59 Å². The molecule has 4 fully saturated rings. The molecule has 0 aromatic carbocycles. The topological polar surface area (TPSA) is 52.6 Å². The zero-order valence-electron chi connectivity index (χ0n) is 29.5. The lowest BCUT2D eigenvalue weighted by molar-refractivity contribution is -0.148. The fraction of sp³-hybridized carbons (Fsp3) is 0.737. The summed E-state index contributed by atoms with van der Waals surface area (Å²) in [6.45, 7) is 37.2. The average molecular weight is 654 g/mol. The van der Waals surface area contributed by atoms with E-state index >= 15 is 0 Å². The molecule has 0 spiro atoms. The number of alkyl halides is 2. The van der Waals surface area contributed by atoms with Crippen LogP contribution in [0, 0.1) is 57.2 Å². The maximum absolute atomic E-state index is 10.6. The summed E-state index contributed by atoms with van der Waals surface area (Å²) < 4.78 is 9.95. The molecule has 44 heavy (non-hydrogen) atoms. The highest BCUT2D eigenvalue weighted by molar-refractivity contribution is 6.18.